The monoisotopic (exact) mass is 526 g/mol. The van der Waals surface area contributed by atoms with Gasteiger partial charge in [-0.2, -0.15) is 0 Å². The minimum atomic E-state index is -0.163. The van der Waals surface area contributed by atoms with Crippen LogP contribution in [-0.4, -0.2) is 4.57 Å². The Morgan fingerprint density at radius 2 is 1.07 bits per heavy atom. The molecule has 2 nitrogen and oxygen atoms in total. The van der Waals surface area contributed by atoms with Crippen LogP contribution in [0.15, 0.2) is 146 Å². The molecule has 0 N–H and O–H groups in total. The average molecular weight is 527 g/mol. The van der Waals surface area contributed by atoms with Crippen molar-refractivity contribution < 1.29 is 0 Å². The maximum atomic E-state index is 2.45. The Bertz CT molecular complexity index is 2050. The summed E-state index contributed by atoms with van der Waals surface area (Å²) in [7, 11) is 0. The Morgan fingerprint density at radius 1 is 0.439 bits per heavy atom. The number of para-hydroxylation sites is 3. The van der Waals surface area contributed by atoms with Crippen molar-refractivity contribution in [2.24, 2.45) is 0 Å². The SMILES string of the molecule is CC1(C)c2ccccc2N(c2ccccc2)c2cc3c4ccccc4n(-c4ccc(-c5ccccc5)cc4)c3cc21. The zero-order chi connectivity index (χ0) is 27.6. The number of rotatable bonds is 3. The van der Waals surface area contributed by atoms with Crippen LogP contribution in [-0.2, 0) is 5.41 Å². The van der Waals surface area contributed by atoms with Crippen LogP contribution in [0, 0.1) is 0 Å². The topological polar surface area (TPSA) is 8.17 Å². The molecular formula is C39H30N2. The number of anilines is 3. The highest BCUT2D eigenvalue weighted by atomic mass is 15.2. The fourth-order valence-electron chi connectivity index (χ4n) is 6.73. The molecule has 41 heavy (non-hydrogen) atoms. The molecule has 8 rings (SSSR count). The van der Waals surface area contributed by atoms with Crippen molar-refractivity contribution in [1.29, 1.82) is 0 Å². The van der Waals surface area contributed by atoms with E-state index < -0.39 is 0 Å². The highest BCUT2D eigenvalue weighted by molar-refractivity contribution is 6.11. The van der Waals surface area contributed by atoms with Gasteiger partial charge in [0, 0.05) is 27.6 Å². The van der Waals surface area contributed by atoms with Crippen molar-refractivity contribution in [3.63, 3.8) is 0 Å². The van der Waals surface area contributed by atoms with Gasteiger partial charge in [0.2, 0.25) is 0 Å². The van der Waals surface area contributed by atoms with Gasteiger partial charge in [0.1, 0.15) is 0 Å². The normalized spacial score (nSPS) is 13.8. The van der Waals surface area contributed by atoms with Gasteiger partial charge < -0.3 is 9.47 Å². The number of fused-ring (bicyclic) bond motifs is 5. The minimum absolute atomic E-state index is 0.163. The van der Waals surface area contributed by atoms with Gasteiger partial charge in [-0.05, 0) is 70.8 Å². The molecule has 0 amide bonds. The molecule has 196 valence electrons. The molecule has 0 atom stereocenters. The summed E-state index contributed by atoms with van der Waals surface area (Å²) in [6.07, 6.45) is 0. The molecule has 0 fully saturated rings. The quantitative estimate of drug-likeness (QED) is 0.222. The number of aromatic nitrogens is 1. The van der Waals surface area contributed by atoms with Gasteiger partial charge in [-0.3, -0.25) is 0 Å². The Balaban J connectivity index is 1.41. The number of benzene rings is 6. The van der Waals surface area contributed by atoms with Crippen molar-refractivity contribution in [1.82, 2.24) is 4.57 Å². The first-order chi connectivity index (χ1) is 20.1. The van der Waals surface area contributed by atoms with E-state index in [1.54, 1.807) is 0 Å². The fraction of sp³-hybridized carbons (Fsp3) is 0.0769. The largest absolute Gasteiger partial charge is 0.310 e. The molecule has 0 saturated heterocycles. The molecule has 0 radical (unpaired) electrons. The summed E-state index contributed by atoms with van der Waals surface area (Å²) in [6, 6.07) is 52.9. The maximum Gasteiger partial charge on any atom is 0.0545 e. The first kappa shape index (κ1) is 23.8. The highest BCUT2D eigenvalue weighted by Crippen LogP contribution is 2.53. The van der Waals surface area contributed by atoms with Crippen LogP contribution < -0.4 is 4.90 Å². The Kier molecular flexibility index (Phi) is 5.20. The molecule has 1 aliphatic rings. The second kappa shape index (κ2) is 8.97. The van der Waals surface area contributed by atoms with Gasteiger partial charge in [0.15, 0.2) is 0 Å². The first-order valence-corrected chi connectivity index (χ1v) is 14.3. The van der Waals surface area contributed by atoms with Crippen LogP contribution in [0.25, 0.3) is 38.6 Å². The van der Waals surface area contributed by atoms with E-state index in [9.17, 15) is 0 Å². The number of hydrogen-bond donors (Lipinski definition) is 0. The zero-order valence-corrected chi connectivity index (χ0v) is 23.3. The van der Waals surface area contributed by atoms with E-state index in [0.717, 1.165) is 0 Å². The number of nitrogens with zero attached hydrogens (tertiary/aromatic N) is 2. The van der Waals surface area contributed by atoms with Crippen molar-refractivity contribution in [3.05, 3.63) is 157 Å². The third-order valence-electron chi connectivity index (χ3n) is 8.77. The van der Waals surface area contributed by atoms with Gasteiger partial charge >= 0.3 is 0 Å². The van der Waals surface area contributed by atoms with Gasteiger partial charge in [0.25, 0.3) is 0 Å². The maximum absolute atomic E-state index is 2.45. The first-order valence-electron chi connectivity index (χ1n) is 14.3. The minimum Gasteiger partial charge on any atom is -0.310 e. The van der Waals surface area contributed by atoms with Crippen LogP contribution in [0.4, 0.5) is 17.1 Å². The predicted molar refractivity (Wildman–Crippen MR) is 173 cm³/mol. The van der Waals surface area contributed by atoms with Crippen LogP contribution >= 0.6 is 0 Å². The molecular weight excluding hydrogens is 496 g/mol. The van der Waals surface area contributed by atoms with E-state index in [1.807, 2.05) is 0 Å². The fourth-order valence-corrected chi connectivity index (χ4v) is 6.73. The summed E-state index contributed by atoms with van der Waals surface area (Å²) in [5.74, 6) is 0. The van der Waals surface area contributed by atoms with E-state index in [1.165, 1.54) is 66.8 Å². The summed E-state index contributed by atoms with van der Waals surface area (Å²) in [4.78, 5) is 2.44. The van der Waals surface area contributed by atoms with Gasteiger partial charge in [-0.15, -0.1) is 0 Å². The lowest BCUT2D eigenvalue weighted by molar-refractivity contribution is 0.632. The van der Waals surface area contributed by atoms with Crippen LogP contribution in [0.2, 0.25) is 0 Å². The molecule has 2 heteroatoms. The molecule has 1 aromatic heterocycles. The molecule has 0 unspecified atom stereocenters. The Hall–Kier alpha value is -5.08. The van der Waals surface area contributed by atoms with Crippen molar-refractivity contribution in [3.8, 4) is 16.8 Å². The van der Waals surface area contributed by atoms with Gasteiger partial charge in [-0.25, -0.2) is 0 Å². The standard InChI is InChI=1S/C39H30N2/c1-39(2)33-18-10-12-20-36(33)41(29-15-7-4-8-16-29)38-25-32-31-17-9-11-19-35(31)40(37(32)26-34(38)39)30-23-21-28(22-24-30)27-13-5-3-6-14-27/h3-26H,1-2H3. The second-order valence-electron chi connectivity index (χ2n) is 11.5. The summed E-state index contributed by atoms with van der Waals surface area (Å²) in [6.45, 7) is 4.72. The van der Waals surface area contributed by atoms with E-state index in [0.29, 0.717) is 0 Å². The predicted octanol–water partition coefficient (Wildman–Crippen LogP) is 10.6. The van der Waals surface area contributed by atoms with Crippen molar-refractivity contribution >= 4 is 38.9 Å². The lowest BCUT2D eigenvalue weighted by atomic mass is 9.73. The molecule has 1 aliphatic heterocycles. The van der Waals surface area contributed by atoms with Crippen molar-refractivity contribution in [2.45, 2.75) is 19.3 Å². The summed E-state index contributed by atoms with van der Waals surface area (Å²) < 4.78 is 2.43. The summed E-state index contributed by atoms with van der Waals surface area (Å²) >= 11 is 0. The van der Waals surface area contributed by atoms with E-state index in [2.05, 4.69) is 169 Å². The molecule has 6 aromatic carbocycles. The highest BCUT2D eigenvalue weighted by Gasteiger charge is 2.37. The smallest absolute Gasteiger partial charge is 0.0545 e. The Labute approximate surface area is 240 Å². The lowest BCUT2D eigenvalue weighted by Crippen LogP contribution is -2.30. The zero-order valence-electron chi connectivity index (χ0n) is 23.3. The summed E-state index contributed by atoms with van der Waals surface area (Å²) in [5.41, 5.74) is 12.3. The van der Waals surface area contributed by atoms with Crippen LogP contribution in [0.1, 0.15) is 25.0 Å². The van der Waals surface area contributed by atoms with Gasteiger partial charge in [-0.1, -0.05) is 111 Å². The average Bonchev–Trinajstić information content (AvgIpc) is 3.35. The van der Waals surface area contributed by atoms with E-state index >= 15 is 0 Å². The molecule has 2 heterocycles. The Morgan fingerprint density at radius 3 is 1.85 bits per heavy atom. The van der Waals surface area contributed by atoms with Gasteiger partial charge in [0.05, 0.1) is 22.4 Å². The van der Waals surface area contributed by atoms with Crippen molar-refractivity contribution in [2.75, 3.05) is 4.90 Å². The van der Waals surface area contributed by atoms with E-state index in [4.69, 9.17) is 0 Å². The second-order valence-corrected chi connectivity index (χ2v) is 11.5. The number of hydrogen-bond acceptors (Lipinski definition) is 1. The van der Waals surface area contributed by atoms with E-state index in [-0.39, 0.29) is 5.41 Å². The molecule has 0 saturated carbocycles. The third kappa shape index (κ3) is 3.57. The van der Waals surface area contributed by atoms with Crippen LogP contribution in [0.5, 0.6) is 0 Å². The molecule has 7 aromatic rings. The molecule has 0 spiro atoms. The van der Waals surface area contributed by atoms with Crippen LogP contribution in [0.3, 0.4) is 0 Å². The molecule has 0 aliphatic carbocycles. The lowest BCUT2D eigenvalue weighted by Gasteiger charge is -2.42. The summed E-state index contributed by atoms with van der Waals surface area (Å²) in [5, 5.41) is 2.53. The molecule has 0 bridgehead atoms. The third-order valence-corrected chi connectivity index (χ3v) is 8.77.